The average molecular weight is 466 g/mol. The Bertz CT molecular complexity index is 1320. The molecule has 0 aromatic heterocycles. The van der Waals surface area contributed by atoms with Gasteiger partial charge in [-0.15, -0.1) is 0 Å². The predicted molar refractivity (Wildman–Crippen MR) is 136 cm³/mol. The number of aryl methyl sites for hydroxylation is 3. The summed E-state index contributed by atoms with van der Waals surface area (Å²) >= 11 is 0. The number of hydrogen-bond donors (Lipinski definition) is 3. The number of nitrogens with two attached hydrogens (primary N) is 1. The first-order valence-corrected chi connectivity index (χ1v) is 11.5. The van der Waals surface area contributed by atoms with Crippen LogP contribution >= 0.6 is 0 Å². The molecular weight excluding hydrogens is 438 g/mol. The average Bonchev–Trinajstić information content (AvgIpc) is 3.66. The molecule has 0 heterocycles. The topological polar surface area (TPSA) is 124 Å². The Morgan fingerprint density at radius 3 is 2.37 bits per heavy atom. The smallest absolute Gasteiger partial charge is 0.255 e. The minimum atomic E-state index is -0.222. The SMILES string of the molecule is Cc1cc(CCC#N)cc(C)c1Oc1cc(Nc2ccc(C#N)cc2)c(N)cc1C(=O)NC1CC1. The van der Waals surface area contributed by atoms with Gasteiger partial charge in [0.05, 0.1) is 34.6 Å². The molecule has 1 fully saturated rings. The summed E-state index contributed by atoms with van der Waals surface area (Å²) in [4.78, 5) is 13.0. The van der Waals surface area contributed by atoms with Gasteiger partial charge in [0, 0.05) is 24.2 Å². The van der Waals surface area contributed by atoms with Crippen LogP contribution in [0.5, 0.6) is 11.5 Å². The number of nitrogens with one attached hydrogen (secondary N) is 2. The number of anilines is 3. The van der Waals surface area contributed by atoms with Gasteiger partial charge < -0.3 is 21.1 Å². The minimum absolute atomic E-state index is 0.191. The standard InChI is InChI=1S/C28H27N5O2/c1-17-12-20(4-3-11-29)13-18(2)27(17)35-26-15-25(32-21-7-5-19(16-30)6-8-21)24(31)14-23(26)28(34)33-22-9-10-22/h5-8,12-15,22,32H,3-4,9-10,31H2,1-2H3,(H,33,34). The molecular formula is C28H27N5O2. The lowest BCUT2D eigenvalue weighted by Crippen LogP contribution is -2.26. The number of rotatable bonds is 8. The maximum absolute atomic E-state index is 13.0. The highest BCUT2D eigenvalue weighted by atomic mass is 16.5. The molecule has 3 aromatic carbocycles. The molecule has 1 aliphatic rings. The third kappa shape index (κ3) is 5.72. The highest BCUT2D eigenvalue weighted by Gasteiger charge is 2.26. The Balaban J connectivity index is 1.70. The first-order chi connectivity index (χ1) is 16.9. The third-order valence-corrected chi connectivity index (χ3v) is 5.86. The van der Waals surface area contributed by atoms with Crippen molar-refractivity contribution in [2.75, 3.05) is 11.1 Å². The maximum atomic E-state index is 13.0. The lowest BCUT2D eigenvalue weighted by molar-refractivity contribution is 0.0949. The molecule has 1 saturated carbocycles. The molecule has 0 bridgehead atoms. The van der Waals surface area contributed by atoms with E-state index in [1.54, 1.807) is 36.4 Å². The van der Waals surface area contributed by atoms with Crippen LogP contribution in [0.15, 0.2) is 48.5 Å². The van der Waals surface area contributed by atoms with Crippen molar-refractivity contribution < 1.29 is 9.53 Å². The van der Waals surface area contributed by atoms with E-state index in [0.717, 1.165) is 35.2 Å². The fourth-order valence-corrected chi connectivity index (χ4v) is 3.90. The van der Waals surface area contributed by atoms with E-state index in [2.05, 4.69) is 22.8 Å². The van der Waals surface area contributed by atoms with Crippen LogP contribution in [-0.4, -0.2) is 11.9 Å². The molecule has 4 N–H and O–H groups in total. The van der Waals surface area contributed by atoms with Crippen LogP contribution in [0.25, 0.3) is 0 Å². The van der Waals surface area contributed by atoms with Crippen molar-refractivity contribution in [3.63, 3.8) is 0 Å². The van der Waals surface area contributed by atoms with Crippen LogP contribution in [0.1, 0.15) is 51.9 Å². The number of carbonyl (C=O) groups excluding carboxylic acids is 1. The molecule has 1 aliphatic carbocycles. The Morgan fingerprint density at radius 1 is 1.09 bits per heavy atom. The quantitative estimate of drug-likeness (QED) is 0.370. The van der Waals surface area contributed by atoms with E-state index in [1.807, 2.05) is 26.0 Å². The van der Waals surface area contributed by atoms with E-state index in [9.17, 15) is 4.79 Å². The highest BCUT2D eigenvalue weighted by molar-refractivity contribution is 6.00. The number of nitrogen functional groups attached to an aromatic ring is 1. The summed E-state index contributed by atoms with van der Waals surface area (Å²) in [7, 11) is 0. The molecule has 176 valence electrons. The van der Waals surface area contributed by atoms with Crippen molar-refractivity contribution in [3.05, 3.63) is 76.3 Å². The normalized spacial score (nSPS) is 12.3. The van der Waals surface area contributed by atoms with Gasteiger partial charge in [0.1, 0.15) is 11.5 Å². The number of ether oxygens (including phenoxy) is 1. The van der Waals surface area contributed by atoms with E-state index in [4.69, 9.17) is 21.0 Å². The zero-order valence-electron chi connectivity index (χ0n) is 19.8. The minimum Gasteiger partial charge on any atom is -0.456 e. The summed E-state index contributed by atoms with van der Waals surface area (Å²) in [5.41, 5.74) is 11.9. The number of hydrogen-bond acceptors (Lipinski definition) is 6. The van der Waals surface area contributed by atoms with Gasteiger partial charge in [-0.1, -0.05) is 12.1 Å². The van der Waals surface area contributed by atoms with Crippen molar-refractivity contribution in [3.8, 4) is 23.6 Å². The molecule has 35 heavy (non-hydrogen) atoms. The first-order valence-electron chi connectivity index (χ1n) is 11.5. The second-order valence-corrected chi connectivity index (χ2v) is 8.82. The molecule has 0 aliphatic heterocycles. The predicted octanol–water partition coefficient (Wildman–Crippen LogP) is 5.64. The van der Waals surface area contributed by atoms with Gasteiger partial charge >= 0.3 is 0 Å². The molecule has 0 atom stereocenters. The van der Waals surface area contributed by atoms with Crippen LogP contribution in [0.2, 0.25) is 0 Å². The summed E-state index contributed by atoms with van der Waals surface area (Å²) in [6, 6.07) is 18.9. The lowest BCUT2D eigenvalue weighted by Gasteiger charge is -2.19. The molecule has 7 heteroatoms. The fraction of sp³-hybridized carbons (Fsp3) is 0.250. The van der Waals surface area contributed by atoms with E-state index in [0.29, 0.717) is 46.8 Å². The van der Waals surface area contributed by atoms with Crippen molar-refractivity contribution in [1.82, 2.24) is 5.32 Å². The number of benzene rings is 3. The second-order valence-electron chi connectivity index (χ2n) is 8.82. The number of carbonyl (C=O) groups is 1. The Hall–Kier alpha value is -4.49. The van der Waals surface area contributed by atoms with Gasteiger partial charge in [-0.05, 0) is 80.1 Å². The van der Waals surface area contributed by atoms with Crippen LogP contribution in [-0.2, 0) is 6.42 Å². The molecule has 0 saturated heterocycles. The number of amides is 1. The van der Waals surface area contributed by atoms with E-state index in [1.165, 1.54) is 0 Å². The number of nitriles is 2. The molecule has 0 spiro atoms. The van der Waals surface area contributed by atoms with E-state index in [-0.39, 0.29) is 11.9 Å². The maximum Gasteiger partial charge on any atom is 0.255 e. The summed E-state index contributed by atoms with van der Waals surface area (Å²) in [6.45, 7) is 3.91. The molecule has 7 nitrogen and oxygen atoms in total. The summed E-state index contributed by atoms with van der Waals surface area (Å²) < 4.78 is 6.36. The van der Waals surface area contributed by atoms with Gasteiger partial charge in [-0.25, -0.2) is 0 Å². The van der Waals surface area contributed by atoms with Crippen LogP contribution in [0.4, 0.5) is 17.1 Å². The van der Waals surface area contributed by atoms with Crippen molar-refractivity contribution in [2.24, 2.45) is 0 Å². The molecule has 0 radical (unpaired) electrons. The Morgan fingerprint density at radius 2 is 1.77 bits per heavy atom. The largest absolute Gasteiger partial charge is 0.456 e. The molecule has 4 rings (SSSR count). The van der Waals surface area contributed by atoms with Gasteiger partial charge in [0.2, 0.25) is 0 Å². The first kappa shape index (κ1) is 23.7. The number of nitrogens with zero attached hydrogens (tertiary/aromatic N) is 2. The summed E-state index contributed by atoms with van der Waals surface area (Å²) in [5, 5.41) is 24.2. The lowest BCUT2D eigenvalue weighted by atomic mass is 10.0. The van der Waals surface area contributed by atoms with Crippen LogP contribution < -0.4 is 21.1 Å². The molecule has 1 amide bonds. The van der Waals surface area contributed by atoms with E-state index >= 15 is 0 Å². The summed E-state index contributed by atoms with van der Waals surface area (Å²) in [6.07, 6.45) is 3.07. The zero-order valence-corrected chi connectivity index (χ0v) is 19.8. The van der Waals surface area contributed by atoms with Gasteiger partial charge in [-0.2, -0.15) is 10.5 Å². The second kappa shape index (κ2) is 10.2. The summed E-state index contributed by atoms with van der Waals surface area (Å²) in [5.74, 6) is 0.838. The fourth-order valence-electron chi connectivity index (χ4n) is 3.90. The van der Waals surface area contributed by atoms with Gasteiger partial charge in [0.15, 0.2) is 0 Å². The van der Waals surface area contributed by atoms with Crippen LogP contribution in [0, 0.1) is 36.5 Å². The molecule has 3 aromatic rings. The Labute approximate surface area is 205 Å². The van der Waals surface area contributed by atoms with Gasteiger partial charge in [-0.3, -0.25) is 4.79 Å². The van der Waals surface area contributed by atoms with Gasteiger partial charge in [0.25, 0.3) is 5.91 Å². The zero-order chi connectivity index (χ0) is 24.9. The van der Waals surface area contributed by atoms with Crippen molar-refractivity contribution >= 4 is 23.0 Å². The van der Waals surface area contributed by atoms with Crippen molar-refractivity contribution in [1.29, 1.82) is 10.5 Å². The third-order valence-electron chi connectivity index (χ3n) is 5.86. The van der Waals surface area contributed by atoms with Crippen molar-refractivity contribution in [2.45, 2.75) is 45.6 Å². The highest BCUT2D eigenvalue weighted by Crippen LogP contribution is 2.37. The monoisotopic (exact) mass is 465 g/mol. The Kier molecular flexibility index (Phi) is 6.89. The molecule has 0 unspecified atom stereocenters. The van der Waals surface area contributed by atoms with Crippen LogP contribution in [0.3, 0.4) is 0 Å². The van der Waals surface area contributed by atoms with E-state index < -0.39 is 0 Å².